The monoisotopic (exact) mass is 468 g/mol. The van der Waals surface area contributed by atoms with Gasteiger partial charge in [-0.25, -0.2) is 9.59 Å². The van der Waals surface area contributed by atoms with E-state index in [0.717, 1.165) is 51.4 Å². The van der Waals surface area contributed by atoms with Crippen LogP contribution < -0.4 is 0 Å². The van der Waals surface area contributed by atoms with Gasteiger partial charge in [0.15, 0.2) is 0 Å². The quantitative estimate of drug-likeness (QED) is 0.598. The van der Waals surface area contributed by atoms with Gasteiger partial charge in [-0.05, 0) is 93.8 Å². The molecule has 0 aromatic rings. The van der Waals surface area contributed by atoms with Gasteiger partial charge in [-0.2, -0.15) is 8.78 Å². The highest BCUT2D eigenvalue weighted by Gasteiger charge is 2.60. The molecule has 0 aromatic heterocycles. The molecule has 8 fully saturated rings. The molecule has 8 aliphatic rings. The highest BCUT2D eigenvalue weighted by Crippen LogP contribution is 2.60. The van der Waals surface area contributed by atoms with Crippen molar-refractivity contribution in [3.63, 3.8) is 0 Å². The Kier molecular flexibility index (Phi) is 4.79. The maximum atomic E-state index is 13.4. The Morgan fingerprint density at radius 3 is 2.09 bits per heavy atom. The summed E-state index contributed by atoms with van der Waals surface area (Å²) in [4.78, 5) is 24.7. The Morgan fingerprint density at radius 1 is 0.909 bits per heavy atom. The van der Waals surface area contributed by atoms with Crippen molar-refractivity contribution in [2.24, 2.45) is 29.6 Å². The van der Waals surface area contributed by atoms with Gasteiger partial charge in [0.05, 0.1) is 11.2 Å². The molecule has 8 heteroatoms. The predicted octanol–water partition coefficient (Wildman–Crippen LogP) is 3.78. The molecular formula is C25H34F2O6. The average molecular weight is 469 g/mol. The minimum absolute atomic E-state index is 0.00373. The Labute approximate surface area is 192 Å². The number of esters is 2. The fourth-order valence-electron chi connectivity index (χ4n) is 9.23. The highest BCUT2D eigenvalue weighted by molar-refractivity contribution is 5.77. The first-order chi connectivity index (χ1) is 15.4. The molecule has 0 aliphatic heterocycles. The maximum Gasteiger partial charge on any atom is 0.376 e. The number of carbonyl (C=O) groups excluding carboxylic acids is 2. The number of ether oxygens (including phenoxy) is 3. The second-order valence-electron chi connectivity index (χ2n) is 12.5. The zero-order chi connectivity index (χ0) is 23.2. The van der Waals surface area contributed by atoms with Crippen molar-refractivity contribution < 1.29 is 37.7 Å². The standard InChI is InChI=1S/C25H34F2O6/c1-22(26,27)21(29)32-20-17-3-14-4-18(20)11-24(7-14,10-17)31-12-19(28)33-25-8-15-2-16(9-25)6-23(30,5-15)13-25/h14-18,20,30H,2-13H2,1H3. The largest absolute Gasteiger partial charge is 0.457 e. The zero-order valence-electron chi connectivity index (χ0n) is 19.2. The molecular weight excluding hydrogens is 434 g/mol. The van der Waals surface area contributed by atoms with Crippen LogP contribution in [-0.4, -0.2) is 52.5 Å². The first-order valence-electron chi connectivity index (χ1n) is 12.6. The summed E-state index contributed by atoms with van der Waals surface area (Å²) in [5, 5.41) is 10.9. The van der Waals surface area contributed by atoms with E-state index in [9.17, 15) is 23.5 Å². The van der Waals surface area contributed by atoms with Gasteiger partial charge in [-0.3, -0.25) is 0 Å². The Hall–Kier alpha value is -1.28. The van der Waals surface area contributed by atoms with Gasteiger partial charge >= 0.3 is 17.9 Å². The molecule has 0 radical (unpaired) electrons. The SMILES string of the molecule is CC(F)(F)C(=O)OC1C2CC3CC1CC(OCC(=O)OC14CC5CC(CC(O)(C5)C1)C4)(C3)C2. The van der Waals surface area contributed by atoms with Crippen molar-refractivity contribution >= 4 is 11.9 Å². The van der Waals surface area contributed by atoms with Crippen molar-refractivity contribution in [3.8, 4) is 0 Å². The maximum absolute atomic E-state index is 13.4. The Bertz CT molecular complexity index is 822. The van der Waals surface area contributed by atoms with E-state index in [2.05, 4.69) is 0 Å². The summed E-state index contributed by atoms with van der Waals surface area (Å²) in [5.41, 5.74) is -1.70. The molecule has 0 aromatic carbocycles. The molecule has 4 atom stereocenters. The van der Waals surface area contributed by atoms with E-state index in [1.54, 1.807) is 0 Å². The van der Waals surface area contributed by atoms with Crippen LogP contribution in [0.1, 0.15) is 77.6 Å². The molecule has 33 heavy (non-hydrogen) atoms. The average Bonchev–Trinajstić information content (AvgIpc) is 2.65. The number of rotatable bonds is 6. The minimum Gasteiger partial charge on any atom is -0.457 e. The molecule has 8 rings (SSSR count). The summed E-state index contributed by atoms with van der Waals surface area (Å²) >= 11 is 0. The van der Waals surface area contributed by atoms with Crippen molar-refractivity contribution in [2.45, 2.75) is 106 Å². The molecule has 8 saturated carbocycles. The smallest absolute Gasteiger partial charge is 0.376 e. The summed E-state index contributed by atoms with van der Waals surface area (Å²) in [5.74, 6) is -4.04. The number of hydrogen-bond donors (Lipinski definition) is 1. The van der Waals surface area contributed by atoms with Gasteiger partial charge in [0.1, 0.15) is 18.3 Å². The topological polar surface area (TPSA) is 82.1 Å². The molecule has 0 spiro atoms. The van der Waals surface area contributed by atoms with Crippen LogP contribution in [0.2, 0.25) is 0 Å². The van der Waals surface area contributed by atoms with Gasteiger partial charge in [0, 0.05) is 13.3 Å². The molecule has 0 amide bonds. The summed E-state index contributed by atoms with van der Waals surface area (Å²) in [6.07, 6.45) is 8.28. The van der Waals surface area contributed by atoms with Crippen molar-refractivity contribution in [1.29, 1.82) is 0 Å². The van der Waals surface area contributed by atoms with E-state index < -0.39 is 34.8 Å². The third-order valence-corrected chi connectivity index (χ3v) is 9.54. The number of alkyl halides is 2. The lowest BCUT2D eigenvalue weighted by Gasteiger charge is -2.59. The van der Waals surface area contributed by atoms with Gasteiger partial charge in [-0.15, -0.1) is 0 Å². The molecule has 0 heterocycles. The highest BCUT2D eigenvalue weighted by atomic mass is 19.3. The molecule has 8 aliphatic carbocycles. The van der Waals surface area contributed by atoms with Crippen molar-refractivity contribution in [3.05, 3.63) is 0 Å². The van der Waals surface area contributed by atoms with Crippen LogP contribution in [0.25, 0.3) is 0 Å². The predicted molar refractivity (Wildman–Crippen MR) is 111 cm³/mol. The van der Waals surface area contributed by atoms with Crippen LogP contribution in [-0.2, 0) is 23.8 Å². The van der Waals surface area contributed by atoms with Crippen molar-refractivity contribution in [1.82, 2.24) is 0 Å². The van der Waals surface area contributed by atoms with E-state index >= 15 is 0 Å². The number of halogens is 2. The summed E-state index contributed by atoms with van der Waals surface area (Å²) in [6.45, 7) is 0.448. The number of carbonyl (C=O) groups is 2. The zero-order valence-corrected chi connectivity index (χ0v) is 19.2. The van der Waals surface area contributed by atoms with Gasteiger partial charge < -0.3 is 19.3 Å². The molecule has 6 nitrogen and oxygen atoms in total. The van der Waals surface area contributed by atoms with E-state index in [1.807, 2.05) is 0 Å². The fraction of sp³-hybridized carbons (Fsp3) is 0.920. The van der Waals surface area contributed by atoms with Crippen LogP contribution in [0.3, 0.4) is 0 Å². The molecule has 1 N–H and O–H groups in total. The first kappa shape index (κ1) is 22.2. The van der Waals surface area contributed by atoms with Crippen LogP contribution in [0.15, 0.2) is 0 Å². The van der Waals surface area contributed by atoms with Gasteiger partial charge in [0.25, 0.3) is 0 Å². The summed E-state index contributed by atoms with van der Waals surface area (Å²) < 4.78 is 44.3. The van der Waals surface area contributed by atoms with Crippen LogP contribution >= 0.6 is 0 Å². The van der Waals surface area contributed by atoms with Crippen LogP contribution in [0.5, 0.6) is 0 Å². The molecule has 4 unspecified atom stereocenters. The van der Waals surface area contributed by atoms with Gasteiger partial charge in [-0.1, -0.05) is 0 Å². The Morgan fingerprint density at radius 2 is 1.52 bits per heavy atom. The fourth-order valence-corrected chi connectivity index (χ4v) is 9.23. The number of hydrogen-bond acceptors (Lipinski definition) is 6. The third kappa shape index (κ3) is 3.89. The van der Waals surface area contributed by atoms with E-state index in [0.29, 0.717) is 43.9 Å². The second kappa shape index (κ2) is 7.12. The summed E-state index contributed by atoms with van der Waals surface area (Å²) in [7, 11) is 0. The Balaban J connectivity index is 1.08. The third-order valence-electron chi connectivity index (χ3n) is 9.54. The van der Waals surface area contributed by atoms with E-state index in [-0.39, 0.29) is 24.4 Å². The van der Waals surface area contributed by atoms with E-state index in [4.69, 9.17) is 14.2 Å². The minimum atomic E-state index is -3.49. The molecule has 0 saturated heterocycles. The normalized spacial score (nSPS) is 49.3. The number of aliphatic hydroxyl groups is 1. The van der Waals surface area contributed by atoms with Gasteiger partial charge in [0.2, 0.25) is 0 Å². The lowest BCUT2D eigenvalue weighted by molar-refractivity contribution is -0.237. The molecule has 184 valence electrons. The lowest BCUT2D eigenvalue weighted by atomic mass is 9.52. The second-order valence-corrected chi connectivity index (χ2v) is 12.5. The molecule has 8 bridgehead atoms. The first-order valence-corrected chi connectivity index (χ1v) is 12.6. The van der Waals surface area contributed by atoms with Crippen LogP contribution in [0, 0.1) is 29.6 Å². The van der Waals surface area contributed by atoms with Crippen LogP contribution in [0.4, 0.5) is 8.78 Å². The van der Waals surface area contributed by atoms with E-state index in [1.165, 1.54) is 0 Å². The lowest BCUT2D eigenvalue weighted by Crippen LogP contribution is -2.61. The summed E-state index contributed by atoms with van der Waals surface area (Å²) in [6, 6.07) is 0. The van der Waals surface area contributed by atoms with Crippen molar-refractivity contribution in [2.75, 3.05) is 6.61 Å².